The first kappa shape index (κ1) is 55.0. The maximum Gasteiger partial charge on any atom is 0.414 e. The van der Waals surface area contributed by atoms with Gasteiger partial charge in [0.2, 0.25) is 0 Å². The number of rotatable bonds is 23. The van der Waals surface area contributed by atoms with Crippen molar-refractivity contribution in [2.75, 3.05) is 40.3 Å². The Labute approximate surface area is 424 Å². The maximum absolute atomic E-state index is 15.8. The van der Waals surface area contributed by atoms with Gasteiger partial charge in [0.25, 0.3) is 30.2 Å². The molecule has 1 saturated heterocycles. The SMILES string of the molecule is C=CCOC(=O)N1/C(=C(/NC(=O)c2ccccc2)C(=O)N[C@H](CO[Si](c2ccccc2)(c2ccccc2)C(C)(C)C)C(C)(OC)OC)[C@@H](OCc2ccccc2)[C@H](OCc2ccccc2)[C@@H]1COS(C)(=O)=O. The van der Waals surface area contributed by atoms with Gasteiger partial charge in [0.05, 0.1) is 44.4 Å². The minimum absolute atomic E-state index is 0.0471. The van der Waals surface area contributed by atoms with Crippen molar-refractivity contribution in [1.29, 1.82) is 0 Å². The first-order valence-electron chi connectivity index (χ1n) is 23.5. The number of nitrogens with one attached hydrogen (secondary N) is 2. The van der Waals surface area contributed by atoms with E-state index in [2.05, 4.69) is 38.0 Å². The molecule has 0 unspecified atom stereocenters. The van der Waals surface area contributed by atoms with Gasteiger partial charge in [-0.3, -0.25) is 18.7 Å². The van der Waals surface area contributed by atoms with Crippen molar-refractivity contribution in [2.24, 2.45) is 0 Å². The smallest absolute Gasteiger partial charge is 0.414 e. The molecule has 5 aromatic carbocycles. The largest absolute Gasteiger partial charge is 0.445 e. The third kappa shape index (κ3) is 13.4. The second kappa shape index (κ2) is 24.9. The molecule has 3 amide bonds. The monoisotopic (exact) mass is 1020 g/mol. The molecule has 17 heteroatoms. The molecule has 72 heavy (non-hydrogen) atoms. The number of methoxy groups -OCH3 is 2. The van der Waals surface area contributed by atoms with Gasteiger partial charge >= 0.3 is 6.09 Å². The van der Waals surface area contributed by atoms with E-state index in [1.54, 1.807) is 37.3 Å². The highest BCUT2D eigenvalue weighted by Gasteiger charge is 2.55. The fraction of sp³-hybridized carbons (Fsp3) is 0.327. The van der Waals surface area contributed by atoms with Crippen LogP contribution in [0.2, 0.25) is 5.04 Å². The zero-order valence-corrected chi connectivity index (χ0v) is 43.6. The molecule has 1 heterocycles. The Morgan fingerprint density at radius 3 is 1.69 bits per heavy atom. The van der Waals surface area contributed by atoms with Crippen molar-refractivity contribution in [1.82, 2.24) is 15.5 Å². The van der Waals surface area contributed by atoms with E-state index in [1.807, 2.05) is 121 Å². The number of carbonyl (C=O) groups excluding carboxylic acids is 3. The number of ether oxygens (including phenoxy) is 5. The number of nitrogens with zero attached hydrogens (tertiary/aromatic N) is 1. The lowest BCUT2D eigenvalue weighted by Crippen LogP contribution is -2.68. The van der Waals surface area contributed by atoms with Crippen LogP contribution in [-0.2, 0) is 60.4 Å². The van der Waals surface area contributed by atoms with Gasteiger partial charge in [0, 0.05) is 19.8 Å². The van der Waals surface area contributed by atoms with Crippen molar-refractivity contribution in [3.05, 3.63) is 192 Å². The molecule has 5 aromatic rings. The highest BCUT2D eigenvalue weighted by Crippen LogP contribution is 2.39. The topological polar surface area (TPSA) is 177 Å². The van der Waals surface area contributed by atoms with Crippen molar-refractivity contribution < 1.29 is 55.1 Å². The lowest BCUT2D eigenvalue weighted by Gasteiger charge is -2.45. The molecule has 0 aromatic heterocycles. The molecule has 0 saturated carbocycles. The Kier molecular flexibility index (Phi) is 19.0. The van der Waals surface area contributed by atoms with E-state index in [9.17, 15) is 18.0 Å². The third-order valence-corrected chi connectivity index (χ3v) is 18.0. The maximum atomic E-state index is 15.8. The van der Waals surface area contributed by atoms with E-state index in [4.69, 9.17) is 32.3 Å². The fourth-order valence-electron chi connectivity index (χ4n) is 8.68. The third-order valence-electron chi connectivity index (χ3n) is 12.5. The summed E-state index contributed by atoms with van der Waals surface area (Å²) in [6.45, 7) is 10.4. The van der Waals surface area contributed by atoms with Gasteiger partial charge in [0.15, 0.2) is 5.79 Å². The minimum atomic E-state index is -4.15. The molecule has 2 N–H and O–H groups in total. The normalized spacial score (nSPS) is 17.4. The van der Waals surface area contributed by atoms with Gasteiger partial charge in [-0.15, -0.1) is 0 Å². The second-order valence-corrected chi connectivity index (χ2v) is 24.2. The predicted octanol–water partition coefficient (Wildman–Crippen LogP) is 6.85. The van der Waals surface area contributed by atoms with Crippen LogP contribution < -0.4 is 21.0 Å². The quantitative estimate of drug-likeness (QED) is 0.0229. The van der Waals surface area contributed by atoms with Gasteiger partial charge in [0.1, 0.15) is 30.6 Å². The summed E-state index contributed by atoms with van der Waals surface area (Å²) in [6, 6.07) is 43.9. The Balaban J connectivity index is 1.59. The standard InChI is InChI=1S/C55H65N3O12SSi/c1-9-35-66-53(61)58-45(38-69-71(8,62)63)49(67-36-40-25-15-10-16-26-40)50(68-37-41-27-17-11-18-28-41)48(58)47(57-51(59)42-29-19-12-20-30-42)52(60)56-46(55(5,64-6)65-7)39-70-72(54(2,3)4,43-31-21-13-22-32-43)44-33-23-14-24-34-44/h9-34,45-46,49-50H,1,35-39H2,2-8H3,(H,56,60)(H,57,59)/b48-47+/t45-,46+,49+,50+/m0/s1. The Morgan fingerprint density at radius 2 is 1.22 bits per heavy atom. The molecule has 1 fully saturated rings. The van der Waals surface area contributed by atoms with E-state index >= 15 is 4.79 Å². The summed E-state index contributed by atoms with van der Waals surface area (Å²) in [6.07, 6.45) is -1.47. The lowest BCUT2D eigenvalue weighted by molar-refractivity contribution is -0.216. The van der Waals surface area contributed by atoms with E-state index in [0.717, 1.165) is 27.1 Å². The first-order chi connectivity index (χ1) is 34.5. The Hall–Kier alpha value is -6.28. The molecule has 382 valence electrons. The van der Waals surface area contributed by atoms with Crippen LogP contribution in [0.4, 0.5) is 4.79 Å². The molecule has 0 bridgehead atoms. The summed E-state index contributed by atoms with van der Waals surface area (Å²) < 4.78 is 69.5. The van der Waals surface area contributed by atoms with Gasteiger partial charge in [-0.25, -0.2) is 4.79 Å². The summed E-state index contributed by atoms with van der Waals surface area (Å²) in [5.41, 5.74) is 0.939. The predicted molar refractivity (Wildman–Crippen MR) is 277 cm³/mol. The molecular weight excluding hydrogens is 955 g/mol. The van der Waals surface area contributed by atoms with Crippen LogP contribution >= 0.6 is 0 Å². The van der Waals surface area contributed by atoms with E-state index in [0.29, 0.717) is 5.56 Å². The summed E-state index contributed by atoms with van der Waals surface area (Å²) in [5.74, 6) is -3.23. The second-order valence-electron chi connectivity index (χ2n) is 18.3. The summed E-state index contributed by atoms with van der Waals surface area (Å²) in [5, 5.41) is 7.38. The number of likely N-dealkylation sites (tertiary alicyclic amines) is 1. The summed E-state index contributed by atoms with van der Waals surface area (Å²) in [7, 11) is -4.57. The Bertz CT molecular complexity index is 2670. The number of hydrogen-bond donors (Lipinski definition) is 2. The van der Waals surface area contributed by atoms with Crippen LogP contribution in [0.25, 0.3) is 0 Å². The highest BCUT2D eigenvalue weighted by atomic mass is 32.2. The molecule has 0 aliphatic carbocycles. The summed E-state index contributed by atoms with van der Waals surface area (Å²) >= 11 is 0. The molecular formula is C55H65N3O12SSi. The van der Waals surface area contributed by atoms with E-state index in [1.165, 1.54) is 20.3 Å². The molecule has 6 rings (SSSR count). The average Bonchev–Trinajstić information content (AvgIpc) is 3.70. The van der Waals surface area contributed by atoms with Crippen LogP contribution in [0.3, 0.4) is 0 Å². The van der Waals surface area contributed by atoms with E-state index in [-0.39, 0.29) is 37.7 Å². The van der Waals surface area contributed by atoms with Crippen molar-refractivity contribution in [2.45, 2.75) is 76.0 Å². The molecule has 0 spiro atoms. The van der Waals surface area contributed by atoms with Crippen LogP contribution in [0, 0.1) is 0 Å². The van der Waals surface area contributed by atoms with Crippen LogP contribution in [0.15, 0.2) is 176 Å². The number of carbonyl (C=O) groups is 3. The van der Waals surface area contributed by atoms with Gasteiger partial charge in [-0.05, 0) is 45.6 Å². The molecule has 15 nitrogen and oxygen atoms in total. The minimum Gasteiger partial charge on any atom is -0.445 e. The number of hydrogen-bond acceptors (Lipinski definition) is 12. The van der Waals surface area contributed by atoms with Crippen molar-refractivity contribution in [3.63, 3.8) is 0 Å². The lowest BCUT2D eigenvalue weighted by atomic mass is 10.1. The zero-order chi connectivity index (χ0) is 51.9. The molecule has 1 aliphatic rings. The van der Waals surface area contributed by atoms with Gasteiger partial charge < -0.3 is 38.7 Å². The van der Waals surface area contributed by atoms with Crippen molar-refractivity contribution >= 4 is 46.7 Å². The first-order valence-corrected chi connectivity index (χ1v) is 27.2. The van der Waals surface area contributed by atoms with Gasteiger partial charge in [-0.1, -0.05) is 173 Å². The zero-order valence-electron chi connectivity index (χ0n) is 41.8. The van der Waals surface area contributed by atoms with E-state index < -0.39 is 83.8 Å². The average molecular weight is 1020 g/mol. The number of amides is 3. The van der Waals surface area contributed by atoms with Crippen LogP contribution in [0.1, 0.15) is 49.2 Å². The molecule has 1 aliphatic heterocycles. The highest BCUT2D eigenvalue weighted by molar-refractivity contribution is 7.86. The summed E-state index contributed by atoms with van der Waals surface area (Å²) in [4.78, 5) is 46.1. The van der Waals surface area contributed by atoms with Crippen LogP contribution in [0.5, 0.6) is 0 Å². The molecule has 0 radical (unpaired) electrons. The number of benzene rings is 5. The fourth-order valence-corrected chi connectivity index (χ4v) is 13.6. The van der Waals surface area contributed by atoms with Crippen molar-refractivity contribution in [3.8, 4) is 0 Å². The van der Waals surface area contributed by atoms with Crippen LogP contribution in [-0.4, -0.2) is 110 Å². The molecule has 4 atom stereocenters. The van der Waals surface area contributed by atoms with Gasteiger partial charge in [-0.2, -0.15) is 8.42 Å². The Morgan fingerprint density at radius 1 is 0.736 bits per heavy atom.